The molecular weight excluding hydrogens is 471 g/mol. The minimum atomic E-state index is -4.54. The van der Waals surface area contributed by atoms with Crippen molar-refractivity contribution in [2.24, 2.45) is 5.92 Å². The lowest BCUT2D eigenvalue weighted by Crippen LogP contribution is -2.29. The molecule has 0 aliphatic carbocycles. The molecule has 0 aromatic heterocycles. The molecule has 0 radical (unpaired) electrons. The maximum absolute atomic E-state index is 13.1. The Hall–Kier alpha value is -4.14. The predicted molar refractivity (Wildman–Crippen MR) is 129 cm³/mol. The maximum Gasteiger partial charge on any atom is 0.416 e. The Morgan fingerprint density at radius 3 is 2.44 bits per heavy atom. The number of carbonyl (C=O) groups excluding carboxylic acids is 3. The van der Waals surface area contributed by atoms with Crippen LogP contribution < -0.4 is 15.5 Å². The van der Waals surface area contributed by atoms with Gasteiger partial charge in [-0.2, -0.15) is 13.2 Å². The second kappa shape index (κ2) is 10.2. The van der Waals surface area contributed by atoms with E-state index in [2.05, 4.69) is 10.6 Å². The molecule has 2 N–H and O–H groups in total. The van der Waals surface area contributed by atoms with Gasteiger partial charge in [0.2, 0.25) is 11.8 Å². The van der Waals surface area contributed by atoms with Crippen molar-refractivity contribution in [2.45, 2.75) is 26.1 Å². The van der Waals surface area contributed by atoms with Gasteiger partial charge in [0, 0.05) is 25.2 Å². The fourth-order valence-corrected chi connectivity index (χ4v) is 3.99. The van der Waals surface area contributed by atoms with E-state index in [1.54, 1.807) is 24.3 Å². The first kappa shape index (κ1) is 25.0. The molecule has 0 saturated carbocycles. The second-order valence-corrected chi connectivity index (χ2v) is 8.66. The third kappa shape index (κ3) is 5.73. The third-order valence-electron chi connectivity index (χ3n) is 5.98. The highest BCUT2D eigenvalue weighted by atomic mass is 19.4. The lowest BCUT2D eigenvalue weighted by Gasteiger charge is -2.18. The van der Waals surface area contributed by atoms with Crippen LogP contribution in [-0.2, 0) is 22.3 Å². The fourth-order valence-electron chi connectivity index (χ4n) is 3.99. The quantitative estimate of drug-likeness (QED) is 0.509. The van der Waals surface area contributed by atoms with E-state index in [4.69, 9.17) is 0 Å². The van der Waals surface area contributed by atoms with Crippen molar-refractivity contribution in [1.82, 2.24) is 5.32 Å². The van der Waals surface area contributed by atoms with Crippen molar-refractivity contribution in [3.05, 3.63) is 95.1 Å². The molecule has 6 nitrogen and oxygen atoms in total. The summed E-state index contributed by atoms with van der Waals surface area (Å²) in [5, 5.41) is 5.54. The van der Waals surface area contributed by atoms with Gasteiger partial charge in [0.1, 0.15) is 0 Å². The van der Waals surface area contributed by atoms with Gasteiger partial charge < -0.3 is 15.5 Å². The fraction of sp³-hybridized carbons (Fsp3) is 0.222. The van der Waals surface area contributed by atoms with Gasteiger partial charge in [-0.1, -0.05) is 48.0 Å². The number of para-hydroxylation sites is 1. The number of nitrogens with one attached hydrogen (secondary N) is 2. The number of anilines is 2. The number of carbonyl (C=O) groups is 3. The summed E-state index contributed by atoms with van der Waals surface area (Å²) in [6.45, 7) is 2.22. The molecule has 9 heteroatoms. The van der Waals surface area contributed by atoms with Gasteiger partial charge >= 0.3 is 6.18 Å². The molecule has 1 aliphatic rings. The van der Waals surface area contributed by atoms with Crippen LogP contribution >= 0.6 is 0 Å². The number of alkyl halides is 3. The lowest BCUT2D eigenvalue weighted by atomic mass is 10.1. The molecule has 1 aliphatic heterocycles. The molecule has 0 bridgehead atoms. The predicted octanol–water partition coefficient (Wildman–Crippen LogP) is 4.94. The van der Waals surface area contributed by atoms with E-state index in [1.807, 2.05) is 31.2 Å². The number of aryl methyl sites for hydroxylation is 1. The van der Waals surface area contributed by atoms with Crippen LogP contribution in [0.2, 0.25) is 0 Å². The first-order valence-corrected chi connectivity index (χ1v) is 11.3. The number of hydrogen-bond acceptors (Lipinski definition) is 3. The topological polar surface area (TPSA) is 78.5 Å². The Kier molecular flexibility index (Phi) is 7.10. The van der Waals surface area contributed by atoms with Gasteiger partial charge in [0.25, 0.3) is 5.91 Å². The smallest absolute Gasteiger partial charge is 0.348 e. The summed E-state index contributed by atoms with van der Waals surface area (Å²) in [7, 11) is 0. The highest BCUT2D eigenvalue weighted by molar-refractivity contribution is 6.07. The average molecular weight is 496 g/mol. The van der Waals surface area contributed by atoms with Gasteiger partial charge in [0.05, 0.1) is 22.7 Å². The Bertz CT molecular complexity index is 1290. The van der Waals surface area contributed by atoms with E-state index >= 15 is 0 Å². The van der Waals surface area contributed by atoms with Crippen molar-refractivity contribution in [2.75, 3.05) is 16.8 Å². The highest BCUT2D eigenvalue weighted by Crippen LogP contribution is 2.33. The van der Waals surface area contributed by atoms with Crippen LogP contribution in [0.15, 0.2) is 72.8 Å². The van der Waals surface area contributed by atoms with Crippen molar-refractivity contribution >= 4 is 29.1 Å². The summed E-state index contributed by atoms with van der Waals surface area (Å²) in [4.78, 5) is 39.4. The Morgan fingerprint density at radius 1 is 1.00 bits per heavy atom. The first-order chi connectivity index (χ1) is 17.1. The molecule has 1 fully saturated rings. The highest BCUT2D eigenvalue weighted by Gasteiger charge is 2.37. The molecule has 1 saturated heterocycles. The molecule has 3 aromatic rings. The van der Waals surface area contributed by atoms with E-state index in [0.29, 0.717) is 6.54 Å². The second-order valence-electron chi connectivity index (χ2n) is 8.66. The molecule has 0 unspecified atom stereocenters. The van der Waals surface area contributed by atoms with Crippen LogP contribution in [0.3, 0.4) is 0 Å². The van der Waals surface area contributed by atoms with Crippen LogP contribution in [0.1, 0.15) is 33.5 Å². The zero-order valence-corrected chi connectivity index (χ0v) is 19.4. The van der Waals surface area contributed by atoms with Crippen molar-refractivity contribution in [1.29, 1.82) is 0 Å². The minimum Gasteiger partial charge on any atom is -0.348 e. The molecule has 1 atom stereocenters. The number of rotatable bonds is 6. The summed E-state index contributed by atoms with van der Waals surface area (Å²) >= 11 is 0. The molecule has 186 valence electrons. The molecule has 1 heterocycles. The lowest BCUT2D eigenvalue weighted by molar-refractivity contribution is -0.137. The van der Waals surface area contributed by atoms with Crippen LogP contribution in [-0.4, -0.2) is 24.3 Å². The van der Waals surface area contributed by atoms with Gasteiger partial charge in [0.15, 0.2) is 0 Å². The van der Waals surface area contributed by atoms with E-state index < -0.39 is 29.5 Å². The van der Waals surface area contributed by atoms with Crippen LogP contribution in [0.4, 0.5) is 24.5 Å². The summed E-state index contributed by atoms with van der Waals surface area (Å²) in [5.41, 5.74) is 1.79. The Morgan fingerprint density at radius 2 is 1.72 bits per heavy atom. The number of benzene rings is 3. The summed E-state index contributed by atoms with van der Waals surface area (Å²) in [6.07, 6.45) is -4.69. The summed E-state index contributed by atoms with van der Waals surface area (Å²) in [6, 6.07) is 18.7. The minimum absolute atomic E-state index is 0.0617. The molecule has 36 heavy (non-hydrogen) atoms. The van der Waals surface area contributed by atoms with Gasteiger partial charge in [-0.3, -0.25) is 14.4 Å². The van der Waals surface area contributed by atoms with Crippen molar-refractivity contribution in [3.63, 3.8) is 0 Å². The summed E-state index contributed by atoms with van der Waals surface area (Å²) in [5.74, 6) is -2.09. The molecule has 4 rings (SSSR count). The van der Waals surface area contributed by atoms with Crippen molar-refractivity contribution < 1.29 is 27.6 Å². The zero-order valence-electron chi connectivity index (χ0n) is 19.4. The van der Waals surface area contributed by atoms with Crippen LogP contribution in [0.5, 0.6) is 0 Å². The van der Waals surface area contributed by atoms with Crippen molar-refractivity contribution in [3.8, 4) is 0 Å². The van der Waals surface area contributed by atoms with Gasteiger partial charge in [-0.25, -0.2) is 0 Å². The number of halogens is 3. The number of hydrogen-bond donors (Lipinski definition) is 2. The normalized spacial score (nSPS) is 15.6. The Labute approximate surface area is 206 Å². The van der Waals surface area contributed by atoms with Crippen LogP contribution in [0, 0.1) is 12.8 Å². The Balaban J connectivity index is 1.43. The zero-order chi connectivity index (χ0) is 25.9. The van der Waals surface area contributed by atoms with E-state index in [-0.39, 0.29) is 35.8 Å². The van der Waals surface area contributed by atoms with Gasteiger partial charge in [-0.05, 0) is 42.8 Å². The standard InChI is InChI=1S/C27H24F3N3O3/c1-17-9-11-18(12-10-17)15-31-26(36)22-7-2-3-8-23(22)32-25(35)19-13-24(34)33(16-19)21-6-4-5-20(14-21)27(28,29)30/h2-12,14,19H,13,15-16H2,1H3,(H,31,36)(H,32,35)/t19-/m0/s1. The summed E-state index contributed by atoms with van der Waals surface area (Å²) < 4.78 is 39.2. The van der Waals surface area contributed by atoms with Crippen LogP contribution in [0.25, 0.3) is 0 Å². The van der Waals surface area contributed by atoms with E-state index in [0.717, 1.165) is 23.3 Å². The van der Waals surface area contributed by atoms with E-state index in [1.165, 1.54) is 17.0 Å². The average Bonchev–Trinajstić information content (AvgIpc) is 3.25. The maximum atomic E-state index is 13.1. The molecule has 3 amide bonds. The SMILES string of the molecule is Cc1ccc(CNC(=O)c2ccccc2NC(=O)[C@H]2CC(=O)N(c3cccc(C(F)(F)F)c3)C2)cc1. The molecular formula is C27H24F3N3O3. The third-order valence-corrected chi connectivity index (χ3v) is 5.98. The number of amides is 3. The van der Waals surface area contributed by atoms with E-state index in [9.17, 15) is 27.6 Å². The monoisotopic (exact) mass is 495 g/mol. The molecule has 0 spiro atoms. The first-order valence-electron chi connectivity index (χ1n) is 11.3. The number of nitrogens with zero attached hydrogens (tertiary/aromatic N) is 1. The molecule has 3 aromatic carbocycles. The van der Waals surface area contributed by atoms with Gasteiger partial charge in [-0.15, -0.1) is 0 Å². The largest absolute Gasteiger partial charge is 0.416 e.